The highest BCUT2D eigenvalue weighted by molar-refractivity contribution is 5.69. The van der Waals surface area contributed by atoms with Crippen LogP contribution in [0.2, 0.25) is 0 Å². The van der Waals surface area contributed by atoms with Gasteiger partial charge in [-0.25, -0.2) is 4.79 Å². The minimum absolute atomic E-state index is 0.161. The van der Waals surface area contributed by atoms with Gasteiger partial charge in [0.1, 0.15) is 5.60 Å². The van der Waals surface area contributed by atoms with Crippen molar-refractivity contribution in [2.45, 2.75) is 58.7 Å². The molecular formula is C12H24N2O2. The van der Waals surface area contributed by atoms with Crippen LogP contribution < -0.4 is 5.32 Å². The maximum atomic E-state index is 11.7. The molecule has 2 atom stereocenters. The van der Waals surface area contributed by atoms with Gasteiger partial charge in [-0.3, -0.25) is 0 Å². The van der Waals surface area contributed by atoms with E-state index in [-0.39, 0.29) is 11.7 Å². The molecular weight excluding hydrogens is 204 g/mol. The summed E-state index contributed by atoms with van der Waals surface area (Å²) in [6, 6.07) is 0.849. The second-order valence-corrected chi connectivity index (χ2v) is 5.13. The number of hydrogen-bond donors (Lipinski definition) is 1. The quantitative estimate of drug-likeness (QED) is 0.689. The van der Waals surface area contributed by atoms with Gasteiger partial charge < -0.3 is 15.0 Å². The molecule has 1 amide bonds. The minimum atomic E-state index is -0.383. The van der Waals surface area contributed by atoms with Crippen LogP contribution in [-0.4, -0.2) is 41.8 Å². The van der Waals surface area contributed by atoms with E-state index in [1.165, 1.54) is 0 Å². The molecule has 2 heterocycles. The largest absolute Gasteiger partial charge is 0.444 e. The van der Waals surface area contributed by atoms with Crippen molar-refractivity contribution in [1.82, 2.24) is 10.2 Å². The summed E-state index contributed by atoms with van der Waals surface area (Å²) in [4.78, 5) is 13.6. The lowest BCUT2D eigenvalue weighted by Crippen LogP contribution is -2.48. The SMILES string of the molecule is CC.CC(C)(C)OC(=O)N1CC2CC1CN2. The number of nitrogens with one attached hydrogen (secondary N) is 1. The lowest BCUT2D eigenvalue weighted by Gasteiger charge is -2.30. The third kappa shape index (κ3) is 3.11. The maximum Gasteiger partial charge on any atom is 0.410 e. The predicted octanol–water partition coefficient (Wildman–Crippen LogP) is 1.99. The standard InChI is InChI=1S/C10H18N2O2.C2H6/c1-10(2,3)14-9(13)12-6-7-4-8(12)5-11-7;1-2/h7-8,11H,4-6H2,1-3H3;1-2H3. The van der Waals surface area contributed by atoms with Crippen LogP contribution in [0.4, 0.5) is 4.79 Å². The van der Waals surface area contributed by atoms with E-state index < -0.39 is 0 Å². The Labute approximate surface area is 98.3 Å². The van der Waals surface area contributed by atoms with E-state index >= 15 is 0 Å². The fourth-order valence-corrected chi connectivity index (χ4v) is 2.10. The smallest absolute Gasteiger partial charge is 0.410 e. The molecule has 0 aromatic carbocycles. The highest BCUT2D eigenvalue weighted by Gasteiger charge is 2.41. The Kier molecular flexibility index (Phi) is 4.19. The molecule has 2 unspecified atom stereocenters. The number of hydrogen-bond acceptors (Lipinski definition) is 3. The molecule has 2 aliphatic heterocycles. The van der Waals surface area contributed by atoms with E-state index in [0.29, 0.717) is 12.1 Å². The molecule has 0 radical (unpaired) electrons. The molecule has 94 valence electrons. The fourth-order valence-electron chi connectivity index (χ4n) is 2.10. The number of piperazine rings is 1. The zero-order valence-corrected chi connectivity index (χ0v) is 11.0. The molecule has 2 bridgehead atoms. The summed E-state index contributed by atoms with van der Waals surface area (Å²) in [6.45, 7) is 11.4. The number of rotatable bonds is 0. The van der Waals surface area contributed by atoms with Gasteiger partial charge in [-0.2, -0.15) is 0 Å². The third-order valence-corrected chi connectivity index (χ3v) is 2.68. The highest BCUT2D eigenvalue weighted by atomic mass is 16.6. The van der Waals surface area contributed by atoms with Gasteiger partial charge in [0.2, 0.25) is 0 Å². The van der Waals surface area contributed by atoms with Gasteiger partial charge in [0.15, 0.2) is 0 Å². The molecule has 2 fully saturated rings. The number of likely N-dealkylation sites (tertiary alicyclic amines) is 1. The summed E-state index contributed by atoms with van der Waals surface area (Å²) in [5, 5.41) is 3.35. The van der Waals surface area contributed by atoms with E-state index in [1.54, 1.807) is 0 Å². The summed E-state index contributed by atoms with van der Waals surface area (Å²) in [7, 11) is 0. The van der Waals surface area contributed by atoms with Crippen molar-refractivity contribution in [2.75, 3.05) is 13.1 Å². The van der Waals surface area contributed by atoms with Crippen molar-refractivity contribution in [3.63, 3.8) is 0 Å². The predicted molar refractivity (Wildman–Crippen MR) is 64.5 cm³/mol. The number of fused-ring (bicyclic) bond motifs is 2. The number of ether oxygens (including phenoxy) is 1. The molecule has 4 nitrogen and oxygen atoms in total. The number of carbonyl (C=O) groups excluding carboxylic acids is 1. The van der Waals surface area contributed by atoms with Crippen LogP contribution >= 0.6 is 0 Å². The molecule has 0 saturated carbocycles. The van der Waals surface area contributed by atoms with Crippen molar-refractivity contribution >= 4 is 6.09 Å². The molecule has 1 N–H and O–H groups in total. The number of amides is 1. The Balaban J connectivity index is 0.000000606. The van der Waals surface area contributed by atoms with Gasteiger partial charge in [0.05, 0.1) is 0 Å². The Hall–Kier alpha value is -0.770. The number of nitrogens with zero attached hydrogens (tertiary/aromatic N) is 1. The van der Waals surface area contributed by atoms with E-state index in [9.17, 15) is 4.79 Å². The van der Waals surface area contributed by atoms with Crippen LogP contribution in [0.25, 0.3) is 0 Å². The zero-order chi connectivity index (χ0) is 12.3. The summed E-state index contributed by atoms with van der Waals surface area (Å²) in [5.74, 6) is 0. The van der Waals surface area contributed by atoms with Gasteiger partial charge in [0, 0.05) is 25.2 Å². The Morgan fingerprint density at radius 3 is 2.38 bits per heavy atom. The van der Waals surface area contributed by atoms with Crippen LogP contribution in [0, 0.1) is 0 Å². The van der Waals surface area contributed by atoms with E-state index in [1.807, 2.05) is 39.5 Å². The van der Waals surface area contributed by atoms with E-state index in [4.69, 9.17) is 4.74 Å². The van der Waals surface area contributed by atoms with Crippen LogP contribution in [0.15, 0.2) is 0 Å². The van der Waals surface area contributed by atoms with Gasteiger partial charge in [0.25, 0.3) is 0 Å². The Morgan fingerprint density at radius 2 is 2.00 bits per heavy atom. The molecule has 0 aromatic rings. The first-order valence-corrected chi connectivity index (χ1v) is 6.19. The lowest BCUT2D eigenvalue weighted by molar-refractivity contribution is 0.0204. The first kappa shape index (κ1) is 13.3. The van der Waals surface area contributed by atoms with Crippen LogP contribution in [-0.2, 0) is 4.74 Å². The maximum absolute atomic E-state index is 11.7. The molecule has 2 saturated heterocycles. The Morgan fingerprint density at radius 1 is 1.38 bits per heavy atom. The van der Waals surface area contributed by atoms with Crippen LogP contribution in [0.1, 0.15) is 41.0 Å². The summed E-state index contributed by atoms with van der Waals surface area (Å²) < 4.78 is 5.33. The molecule has 4 heteroatoms. The third-order valence-electron chi connectivity index (χ3n) is 2.68. The van der Waals surface area contributed by atoms with Crippen molar-refractivity contribution in [2.24, 2.45) is 0 Å². The average Bonchev–Trinajstić information content (AvgIpc) is 2.79. The second-order valence-electron chi connectivity index (χ2n) is 5.13. The number of carbonyl (C=O) groups is 1. The van der Waals surface area contributed by atoms with Gasteiger partial charge in [-0.15, -0.1) is 0 Å². The van der Waals surface area contributed by atoms with Crippen LogP contribution in [0.3, 0.4) is 0 Å². The first-order chi connectivity index (χ1) is 7.46. The van der Waals surface area contributed by atoms with Crippen molar-refractivity contribution in [3.05, 3.63) is 0 Å². The fraction of sp³-hybridized carbons (Fsp3) is 0.917. The van der Waals surface area contributed by atoms with Crippen molar-refractivity contribution in [3.8, 4) is 0 Å². The molecule has 16 heavy (non-hydrogen) atoms. The topological polar surface area (TPSA) is 41.6 Å². The van der Waals surface area contributed by atoms with Gasteiger partial charge in [-0.05, 0) is 27.2 Å². The lowest BCUT2D eigenvalue weighted by atomic mass is 10.2. The first-order valence-electron chi connectivity index (χ1n) is 6.19. The molecule has 0 aliphatic carbocycles. The summed E-state index contributed by atoms with van der Waals surface area (Å²) >= 11 is 0. The molecule has 2 aliphatic rings. The summed E-state index contributed by atoms with van der Waals surface area (Å²) in [5.41, 5.74) is -0.383. The average molecular weight is 228 g/mol. The summed E-state index contributed by atoms with van der Waals surface area (Å²) in [6.07, 6.45) is 0.922. The van der Waals surface area contributed by atoms with Gasteiger partial charge in [-0.1, -0.05) is 13.8 Å². The van der Waals surface area contributed by atoms with Crippen molar-refractivity contribution in [1.29, 1.82) is 0 Å². The normalized spacial score (nSPS) is 27.4. The highest BCUT2D eigenvalue weighted by Crippen LogP contribution is 2.25. The van der Waals surface area contributed by atoms with Gasteiger partial charge >= 0.3 is 6.09 Å². The molecule has 0 aromatic heterocycles. The molecule has 0 spiro atoms. The molecule has 2 rings (SSSR count). The monoisotopic (exact) mass is 228 g/mol. The van der Waals surface area contributed by atoms with E-state index in [2.05, 4.69) is 5.32 Å². The van der Waals surface area contributed by atoms with Crippen LogP contribution in [0.5, 0.6) is 0 Å². The zero-order valence-electron chi connectivity index (χ0n) is 11.0. The minimum Gasteiger partial charge on any atom is -0.444 e. The van der Waals surface area contributed by atoms with Crippen molar-refractivity contribution < 1.29 is 9.53 Å². The van der Waals surface area contributed by atoms with E-state index in [0.717, 1.165) is 19.5 Å². The Bertz CT molecular complexity index is 248. The second kappa shape index (κ2) is 5.04.